The van der Waals surface area contributed by atoms with Gasteiger partial charge >= 0.3 is 0 Å². The third kappa shape index (κ3) is 8.01. The van der Waals surface area contributed by atoms with E-state index in [-0.39, 0.29) is 22.5 Å². The van der Waals surface area contributed by atoms with Gasteiger partial charge in [0, 0.05) is 28.8 Å². The molecule has 0 radical (unpaired) electrons. The summed E-state index contributed by atoms with van der Waals surface area (Å²) in [7, 11) is 0. The first-order chi connectivity index (χ1) is 16.2. The van der Waals surface area contributed by atoms with Crippen molar-refractivity contribution in [3.63, 3.8) is 0 Å². The van der Waals surface area contributed by atoms with E-state index in [1.165, 1.54) is 5.56 Å². The van der Waals surface area contributed by atoms with Crippen molar-refractivity contribution in [2.45, 2.75) is 32.7 Å². The molecule has 3 aromatic carbocycles. The molecule has 0 heterocycles. The molecule has 0 unspecified atom stereocenters. The molecule has 6 nitrogen and oxygen atoms in total. The lowest BCUT2D eigenvalue weighted by Crippen LogP contribution is -2.40. The van der Waals surface area contributed by atoms with Crippen molar-refractivity contribution in [2.24, 2.45) is 0 Å². The predicted octanol–water partition coefficient (Wildman–Crippen LogP) is 4.96. The third-order valence-corrected chi connectivity index (χ3v) is 4.92. The van der Waals surface area contributed by atoms with Crippen LogP contribution < -0.4 is 20.7 Å². The first-order valence-corrected chi connectivity index (χ1v) is 11.4. The van der Waals surface area contributed by atoms with Crippen LogP contribution in [0.15, 0.2) is 78.9 Å². The summed E-state index contributed by atoms with van der Waals surface area (Å²) < 4.78 is 5.76. The van der Waals surface area contributed by atoms with Crippen molar-refractivity contribution < 1.29 is 14.3 Å². The molecule has 2 amide bonds. The lowest BCUT2D eigenvalue weighted by atomic mass is 10.1. The molecule has 0 aliphatic rings. The molecular weight excluding hydrogens is 446 g/mol. The van der Waals surface area contributed by atoms with Crippen molar-refractivity contribution in [3.05, 3.63) is 95.6 Å². The first-order valence-electron chi connectivity index (χ1n) is 11.0. The van der Waals surface area contributed by atoms with Crippen LogP contribution in [-0.2, 0) is 6.42 Å². The van der Waals surface area contributed by atoms with Crippen LogP contribution in [0.2, 0.25) is 0 Å². The minimum atomic E-state index is -0.341. The van der Waals surface area contributed by atoms with E-state index in [2.05, 4.69) is 28.1 Å². The number of thiocarbonyl (C=S) groups is 1. The van der Waals surface area contributed by atoms with Crippen LogP contribution in [0.4, 0.5) is 5.69 Å². The predicted molar refractivity (Wildman–Crippen MR) is 139 cm³/mol. The summed E-state index contributed by atoms with van der Waals surface area (Å²) in [6.45, 7) is 6.31. The van der Waals surface area contributed by atoms with Crippen molar-refractivity contribution in [1.82, 2.24) is 10.6 Å². The maximum atomic E-state index is 12.5. The first kappa shape index (κ1) is 24.9. The normalized spacial score (nSPS) is 10.8. The van der Waals surface area contributed by atoms with E-state index >= 15 is 0 Å². The standard InChI is InChI=1S/C27H29N3O3S/c1-27(2,3)30-25(32)21-10-7-11-22(18-21)28-26(34)29-24(31)20-12-14-23(15-13-20)33-17-16-19-8-5-4-6-9-19/h4-15,18H,16-17H2,1-3H3,(H,30,32)(H2,28,29,31,34). The van der Waals surface area contributed by atoms with Gasteiger partial charge in [0.2, 0.25) is 0 Å². The zero-order chi connectivity index (χ0) is 24.6. The minimum Gasteiger partial charge on any atom is -0.493 e. The van der Waals surface area contributed by atoms with Gasteiger partial charge in [0.05, 0.1) is 6.61 Å². The molecule has 7 heteroatoms. The highest BCUT2D eigenvalue weighted by atomic mass is 32.1. The van der Waals surface area contributed by atoms with E-state index in [1.54, 1.807) is 48.5 Å². The lowest BCUT2D eigenvalue weighted by molar-refractivity contribution is 0.0918. The summed E-state index contributed by atoms with van der Waals surface area (Å²) in [5, 5.41) is 8.66. The molecule has 0 spiro atoms. The molecule has 3 N–H and O–H groups in total. The van der Waals surface area contributed by atoms with Crippen LogP contribution in [0.25, 0.3) is 0 Å². The SMILES string of the molecule is CC(C)(C)NC(=O)c1cccc(NC(=S)NC(=O)c2ccc(OCCc3ccccc3)cc2)c1. The Kier molecular flexibility index (Phi) is 8.38. The molecule has 0 saturated heterocycles. The van der Waals surface area contributed by atoms with Gasteiger partial charge in [-0.25, -0.2) is 0 Å². The summed E-state index contributed by atoms with van der Waals surface area (Å²) >= 11 is 5.27. The number of carbonyl (C=O) groups excluding carboxylic acids is 2. The number of carbonyl (C=O) groups is 2. The second kappa shape index (κ2) is 11.4. The number of nitrogens with one attached hydrogen (secondary N) is 3. The second-order valence-electron chi connectivity index (χ2n) is 8.80. The number of ether oxygens (including phenoxy) is 1. The number of hydrogen-bond acceptors (Lipinski definition) is 4. The Hall–Kier alpha value is -3.71. The molecule has 0 saturated carbocycles. The number of amides is 2. The Morgan fingerprint density at radius 1 is 0.853 bits per heavy atom. The van der Waals surface area contributed by atoms with Crippen LogP contribution in [0, 0.1) is 0 Å². The van der Waals surface area contributed by atoms with Crippen LogP contribution in [0.3, 0.4) is 0 Å². The van der Waals surface area contributed by atoms with Crippen molar-refractivity contribution in [3.8, 4) is 5.75 Å². The fourth-order valence-corrected chi connectivity index (χ4v) is 3.33. The van der Waals surface area contributed by atoms with Gasteiger partial charge in [0.1, 0.15) is 5.75 Å². The van der Waals surface area contributed by atoms with Gasteiger partial charge in [0.25, 0.3) is 11.8 Å². The zero-order valence-corrected chi connectivity index (χ0v) is 20.4. The smallest absolute Gasteiger partial charge is 0.257 e. The zero-order valence-electron chi connectivity index (χ0n) is 19.6. The van der Waals surface area contributed by atoms with Crippen LogP contribution in [-0.4, -0.2) is 29.1 Å². The van der Waals surface area contributed by atoms with Crippen molar-refractivity contribution in [1.29, 1.82) is 0 Å². The Morgan fingerprint density at radius 3 is 2.24 bits per heavy atom. The number of benzene rings is 3. The Balaban J connectivity index is 1.50. The summed E-state index contributed by atoms with van der Waals surface area (Å²) in [4.78, 5) is 24.9. The topological polar surface area (TPSA) is 79.5 Å². The molecule has 34 heavy (non-hydrogen) atoms. The molecule has 176 valence electrons. The number of anilines is 1. The highest BCUT2D eigenvalue weighted by Crippen LogP contribution is 2.14. The second-order valence-corrected chi connectivity index (χ2v) is 9.21. The van der Waals surface area contributed by atoms with Gasteiger partial charge in [-0.05, 0) is 81.0 Å². The fourth-order valence-electron chi connectivity index (χ4n) is 3.12. The van der Waals surface area contributed by atoms with Crippen LogP contribution in [0.1, 0.15) is 47.1 Å². The van der Waals surface area contributed by atoms with Crippen LogP contribution >= 0.6 is 12.2 Å². The maximum Gasteiger partial charge on any atom is 0.257 e. The molecular formula is C27H29N3O3S. The van der Waals surface area contributed by atoms with Crippen LogP contribution in [0.5, 0.6) is 5.75 Å². The third-order valence-electron chi connectivity index (χ3n) is 4.72. The Labute approximate surface area is 205 Å². The van der Waals surface area contributed by atoms with Gasteiger partial charge in [-0.15, -0.1) is 0 Å². The van der Waals surface area contributed by atoms with E-state index < -0.39 is 0 Å². The quantitative estimate of drug-likeness (QED) is 0.421. The van der Waals surface area contributed by atoms with Gasteiger partial charge in [0.15, 0.2) is 5.11 Å². The lowest BCUT2D eigenvalue weighted by Gasteiger charge is -2.20. The van der Waals surface area contributed by atoms with Gasteiger partial charge < -0.3 is 15.4 Å². The highest BCUT2D eigenvalue weighted by molar-refractivity contribution is 7.80. The Bertz CT molecular complexity index is 1140. The molecule has 0 atom stereocenters. The molecule has 0 fully saturated rings. The summed E-state index contributed by atoms with van der Waals surface area (Å²) in [5.41, 5.74) is 2.43. The maximum absolute atomic E-state index is 12.5. The number of hydrogen-bond donors (Lipinski definition) is 3. The molecule has 3 rings (SSSR count). The molecule has 0 aliphatic heterocycles. The highest BCUT2D eigenvalue weighted by Gasteiger charge is 2.16. The van der Waals surface area contributed by atoms with Crippen molar-refractivity contribution in [2.75, 3.05) is 11.9 Å². The van der Waals surface area contributed by atoms with Gasteiger partial charge in [-0.2, -0.15) is 0 Å². The molecule has 0 bridgehead atoms. The van der Waals surface area contributed by atoms with E-state index in [9.17, 15) is 9.59 Å². The van der Waals surface area contributed by atoms with E-state index in [1.807, 2.05) is 39.0 Å². The minimum absolute atomic E-state index is 0.140. The summed E-state index contributed by atoms with van der Waals surface area (Å²) in [6, 6.07) is 23.9. The molecule has 0 aliphatic carbocycles. The van der Waals surface area contributed by atoms with E-state index in [0.717, 1.165) is 6.42 Å². The van der Waals surface area contributed by atoms with Crippen molar-refractivity contribution >= 4 is 34.8 Å². The average molecular weight is 476 g/mol. The van der Waals surface area contributed by atoms with E-state index in [4.69, 9.17) is 17.0 Å². The summed E-state index contributed by atoms with van der Waals surface area (Å²) in [5.74, 6) is 0.172. The monoisotopic (exact) mass is 475 g/mol. The van der Waals surface area contributed by atoms with Gasteiger partial charge in [-0.3, -0.25) is 14.9 Å². The largest absolute Gasteiger partial charge is 0.493 e. The fraction of sp³-hybridized carbons (Fsp3) is 0.222. The van der Waals surface area contributed by atoms with Gasteiger partial charge in [-0.1, -0.05) is 36.4 Å². The Morgan fingerprint density at radius 2 is 1.56 bits per heavy atom. The average Bonchev–Trinajstić information content (AvgIpc) is 2.79. The van der Waals surface area contributed by atoms with E-state index in [0.29, 0.717) is 29.2 Å². The summed E-state index contributed by atoms with van der Waals surface area (Å²) in [6.07, 6.45) is 0.808. The number of rotatable bonds is 7. The molecule has 0 aromatic heterocycles. The molecule has 3 aromatic rings.